The third-order valence-corrected chi connectivity index (χ3v) is 5.39. The molecule has 1 amide bonds. The number of piperazine rings is 1. The smallest absolute Gasteiger partial charge is 0.222 e. The molecule has 7 heteroatoms. The van der Waals surface area contributed by atoms with Gasteiger partial charge in [0.2, 0.25) is 5.91 Å². The summed E-state index contributed by atoms with van der Waals surface area (Å²) in [7, 11) is 1.74. The minimum Gasteiger partial charge on any atom is -0.383 e. The molecule has 0 aromatic rings. The number of carbonyl (C=O) groups is 1. The van der Waals surface area contributed by atoms with Crippen LogP contribution in [-0.4, -0.2) is 74.7 Å². The molecule has 0 aromatic heterocycles. The van der Waals surface area contributed by atoms with E-state index in [1.54, 1.807) is 7.11 Å². The van der Waals surface area contributed by atoms with Gasteiger partial charge < -0.3 is 15.0 Å². The molecule has 24 heavy (non-hydrogen) atoms. The monoisotopic (exact) mass is 383 g/mol. The molecular weight excluding hydrogens is 349 g/mol. The van der Waals surface area contributed by atoms with Crippen LogP contribution in [0.2, 0.25) is 0 Å². The van der Waals surface area contributed by atoms with Crippen LogP contribution in [0.5, 0.6) is 0 Å². The lowest BCUT2D eigenvalue weighted by Gasteiger charge is -2.40. The summed E-state index contributed by atoms with van der Waals surface area (Å²) in [6.07, 6.45) is 3.15. The van der Waals surface area contributed by atoms with Gasteiger partial charge >= 0.3 is 0 Å². The maximum absolute atomic E-state index is 12.6. The van der Waals surface area contributed by atoms with Crippen molar-refractivity contribution in [3.05, 3.63) is 0 Å². The first-order valence-electron chi connectivity index (χ1n) is 8.83. The Balaban J connectivity index is 0.00000264. The van der Waals surface area contributed by atoms with E-state index in [2.05, 4.69) is 29.0 Å². The second kappa shape index (κ2) is 12.3. The quantitative estimate of drug-likeness (QED) is 0.761. The number of nitrogens with zero attached hydrogens (tertiary/aromatic N) is 2. The van der Waals surface area contributed by atoms with Crippen LogP contribution in [0.4, 0.5) is 0 Å². The predicted octanol–water partition coefficient (Wildman–Crippen LogP) is 2.03. The highest BCUT2D eigenvalue weighted by Crippen LogP contribution is 2.25. The molecule has 2 atom stereocenters. The van der Waals surface area contributed by atoms with E-state index in [1.807, 2.05) is 0 Å². The lowest BCUT2D eigenvalue weighted by molar-refractivity contribution is -0.135. The molecule has 0 aliphatic carbocycles. The molecule has 2 rings (SSSR count). The van der Waals surface area contributed by atoms with Gasteiger partial charge in [-0.3, -0.25) is 9.69 Å². The molecule has 0 bridgehead atoms. The molecule has 2 aliphatic heterocycles. The number of nitrogens with one attached hydrogen (secondary N) is 1. The Hall–Kier alpha value is -0.0700. The highest BCUT2D eigenvalue weighted by Gasteiger charge is 2.29. The second-order valence-corrected chi connectivity index (χ2v) is 6.99. The fourth-order valence-electron chi connectivity index (χ4n) is 3.75. The maximum Gasteiger partial charge on any atom is 0.222 e. The Morgan fingerprint density at radius 2 is 1.92 bits per heavy atom. The Kier molecular flexibility index (Phi) is 12.3. The Morgan fingerprint density at radius 3 is 2.50 bits per heavy atom. The summed E-state index contributed by atoms with van der Waals surface area (Å²) in [6, 6.07) is 0.432. The van der Waals surface area contributed by atoms with Crippen molar-refractivity contribution in [2.24, 2.45) is 11.8 Å². The van der Waals surface area contributed by atoms with Gasteiger partial charge in [0.05, 0.1) is 6.61 Å². The van der Waals surface area contributed by atoms with Crippen LogP contribution in [0.25, 0.3) is 0 Å². The van der Waals surface area contributed by atoms with Crippen molar-refractivity contribution in [1.29, 1.82) is 0 Å². The molecule has 2 heterocycles. The highest BCUT2D eigenvalue weighted by atomic mass is 35.5. The SMILES string of the molecule is COCCN1CCN(C(=O)CC(C)C2CCNCC2)CC1C.Cl.Cl. The number of rotatable bonds is 6. The molecule has 1 N–H and O–H groups in total. The minimum atomic E-state index is 0. The number of carbonyl (C=O) groups excluding carboxylic acids is 1. The van der Waals surface area contributed by atoms with Crippen LogP contribution in [0.1, 0.15) is 33.1 Å². The standard InChI is InChI=1S/C17H33N3O2.2ClH/c1-14(16-4-6-18-7-5-16)12-17(21)20-9-8-19(10-11-22-3)15(2)13-20;;/h14-16,18H,4-13H2,1-3H3;2*1H. The molecule has 0 aromatic carbocycles. The molecule has 2 aliphatic rings. The van der Waals surface area contributed by atoms with Crippen molar-refractivity contribution in [2.45, 2.75) is 39.2 Å². The van der Waals surface area contributed by atoms with E-state index < -0.39 is 0 Å². The molecule has 0 radical (unpaired) electrons. The molecule has 0 saturated carbocycles. The summed E-state index contributed by atoms with van der Waals surface area (Å²) < 4.78 is 5.16. The van der Waals surface area contributed by atoms with Crippen LogP contribution in [0.3, 0.4) is 0 Å². The van der Waals surface area contributed by atoms with Gasteiger partial charge in [-0.05, 0) is 44.7 Å². The summed E-state index contributed by atoms with van der Waals surface area (Å²) in [5, 5.41) is 3.40. The maximum atomic E-state index is 12.6. The predicted molar refractivity (Wildman–Crippen MR) is 103 cm³/mol. The molecule has 144 valence electrons. The first kappa shape index (κ1) is 23.9. The van der Waals surface area contributed by atoms with Crippen LogP contribution in [0.15, 0.2) is 0 Å². The molecule has 2 saturated heterocycles. The number of piperidine rings is 1. The van der Waals surface area contributed by atoms with Crippen molar-refractivity contribution < 1.29 is 9.53 Å². The number of ether oxygens (including phenoxy) is 1. The second-order valence-electron chi connectivity index (χ2n) is 6.99. The van der Waals surface area contributed by atoms with Gasteiger partial charge in [0.25, 0.3) is 0 Å². The number of hydrogen-bond donors (Lipinski definition) is 1. The van der Waals surface area contributed by atoms with E-state index >= 15 is 0 Å². The van der Waals surface area contributed by atoms with Crippen molar-refractivity contribution >= 4 is 30.7 Å². The third-order valence-electron chi connectivity index (χ3n) is 5.39. The summed E-state index contributed by atoms with van der Waals surface area (Å²) in [4.78, 5) is 17.1. The number of halogens is 2. The topological polar surface area (TPSA) is 44.8 Å². The lowest BCUT2D eigenvalue weighted by Crippen LogP contribution is -2.54. The molecule has 2 unspecified atom stereocenters. The van der Waals surface area contributed by atoms with Gasteiger partial charge in [-0.1, -0.05) is 6.92 Å². The molecular formula is C17H35Cl2N3O2. The first-order chi connectivity index (χ1) is 10.6. The minimum absolute atomic E-state index is 0. The van der Waals surface area contributed by atoms with Gasteiger partial charge in [-0.25, -0.2) is 0 Å². The van der Waals surface area contributed by atoms with Crippen LogP contribution in [-0.2, 0) is 9.53 Å². The average Bonchev–Trinajstić information content (AvgIpc) is 2.54. The van der Waals surface area contributed by atoms with Gasteiger partial charge in [0.1, 0.15) is 0 Å². The van der Waals surface area contributed by atoms with Crippen LogP contribution >= 0.6 is 24.8 Å². The lowest BCUT2D eigenvalue weighted by atomic mass is 9.84. The Morgan fingerprint density at radius 1 is 1.25 bits per heavy atom. The zero-order chi connectivity index (χ0) is 15.9. The fourth-order valence-corrected chi connectivity index (χ4v) is 3.75. The van der Waals surface area contributed by atoms with E-state index in [4.69, 9.17) is 4.74 Å². The van der Waals surface area contributed by atoms with Crippen molar-refractivity contribution in [2.75, 3.05) is 53.0 Å². The van der Waals surface area contributed by atoms with Crippen molar-refractivity contribution in [3.8, 4) is 0 Å². The summed E-state index contributed by atoms with van der Waals surface area (Å²) in [5.41, 5.74) is 0. The summed E-state index contributed by atoms with van der Waals surface area (Å²) >= 11 is 0. The number of methoxy groups -OCH3 is 1. The first-order valence-corrected chi connectivity index (χ1v) is 8.83. The van der Waals surface area contributed by atoms with Gasteiger partial charge in [0.15, 0.2) is 0 Å². The van der Waals surface area contributed by atoms with Gasteiger partial charge in [0, 0.05) is 45.8 Å². The zero-order valence-corrected chi connectivity index (χ0v) is 17.0. The third kappa shape index (κ3) is 7.04. The average molecular weight is 384 g/mol. The van der Waals surface area contributed by atoms with E-state index in [1.165, 1.54) is 12.8 Å². The van der Waals surface area contributed by atoms with E-state index in [0.29, 0.717) is 23.8 Å². The van der Waals surface area contributed by atoms with Crippen LogP contribution in [0, 0.1) is 11.8 Å². The van der Waals surface area contributed by atoms with E-state index in [-0.39, 0.29) is 24.8 Å². The normalized spacial score (nSPS) is 24.0. The van der Waals surface area contributed by atoms with Crippen molar-refractivity contribution in [3.63, 3.8) is 0 Å². The van der Waals surface area contributed by atoms with Crippen LogP contribution < -0.4 is 5.32 Å². The number of hydrogen-bond acceptors (Lipinski definition) is 4. The molecule has 5 nitrogen and oxygen atoms in total. The van der Waals surface area contributed by atoms with E-state index in [9.17, 15) is 4.79 Å². The van der Waals surface area contributed by atoms with Gasteiger partial charge in [-0.15, -0.1) is 24.8 Å². The van der Waals surface area contributed by atoms with E-state index in [0.717, 1.165) is 52.3 Å². The molecule has 0 spiro atoms. The molecule has 2 fully saturated rings. The zero-order valence-electron chi connectivity index (χ0n) is 15.3. The number of amides is 1. The Bertz CT molecular complexity index is 355. The fraction of sp³-hybridized carbons (Fsp3) is 0.941. The summed E-state index contributed by atoms with van der Waals surface area (Å²) in [5.74, 6) is 1.58. The Labute approximate surface area is 159 Å². The highest BCUT2D eigenvalue weighted by molar-refractivity contribution is 5.85. The summed E-state index contributed by atoms with van der Waals surface area (Å²) in [6.45, 7) is 11.1. The largest absolute Gasteiger partial charge is 0.383 e. The van der Waals surface area contributed by atoms with Gasteiger partial charge in [-0.2, -0.15) is 0 Å². The van der Waals surface area contributed by atoms with Crippen molar-refractivity contribution in [1.82, 2.24) is 15.1 Å².